The van der Waals surface area contributed by atoms with Crippen LogP contribution < -0.4 is 11.0 Å². The topological polar surface area (TPSA) is 84.2 Å². The first-order valence-corrected chi connectivity index (χ1v) is 4.61. The zero-order chi connectivity index (χ0) is 11.3. The van der Waals surface area contributed by atoms with Gasteiger partial charge in [-0.2, -0.15) is 0 Å². The number of aromatic nitrogens is 2. The maximum atomic E-state index is 11.2. The Hall–Kier alpha value is -1.40. The van der Waals surface area contributed by atoms with Crippen molar-refractivity contribution in [3.63, 3.8) is 0 Å². The van der Waals surface area contributed by atoms with Crippen LogP contribution >= 0.6 is 11.6 Å². The Balaban J connectivity index is 2.68. The Morgan fingerprint density at radius 3 is 3.07 bits per heavy atom. The number of aliphatic hydroxyl groups is 1. The molecule has 2 N–H and O–H groups in total. The summed E-state index contributed by atoms with van der Waals surface area (Å²) in [6.45, 7) is -0.150. The number of halogens is 1. The largest absolute Gasteiger partial charge is 0.395 e. The van der Waals surface area contributed by atoms with Crippen LogP contribution in [0.1, 0.15) is 0 Å². The van der Waals surface area contributed by atoms with Crippen LogP contribution in [0.4, 0.5) is 0 Å². The highest BCUT2D eigenvalue weighted by molar-refractivity contribution is 6.30. The van der Waals surface area contributed by atoms with Crippen molar-refractivity contribution in [2.75, 3.05) is 13.2 Å². The molecule has 0 saturated carbocycles. The van der Waals surface area contributed by atoms with Gasteiger partial charge in [-0.05, 0) is 0 Å². The lowest BCUT2D eigenvalue weighted by Gasteiger charge is -2.05. The van der Waals surface area contributed by atoms with Crippen LogP contribution in [0.3, 0.4) is 0 Å². The third kappa shape index (κ3) is 3.69. The van der Waals surface area contributed by atoms with Crippen molar-refractivity contribution in [2.24, 2.45) is 0 Å². The van der Waals surface area contributed by atoms with Crippen molar-refractivity contribution in [2.45, 2.75) is 6.54 Å². The average molecular weight is 232 g/mol. The predicted octanol–water partition coefficient (Wildman–Crippen LogP) is -0.995. The number of carbonyl (C=O) groups is 1. The Morgan fingerprint density at radius 1 is 1.67 bits per heavy atom. The number of aliphatic hydroxyl groups excluding tert-OH is 1. The van der Waals surface area contributed by atoms with E-state index < -0.39 is 5.69 Å². The second-order valence-electron chi connectivity index (χ2n) is 2.76. The fourth-order valence-electron chi connectivity index (χ4n) is 0.948. The molecule has 1 rings (SSSR count). The van der Waals surface area contributed by atoms with Gasteiger partial charge in [0.25, 0.3) is 0 Å². The molecule has 0 aliphatic carbocycles. The summed E-state index contributed by atoms with van der Waals surface area (Å²) in [4.78, 5) is 25.8. The highest BCUT2D eigenvalue weighted by atomic mass is 35.5. The van der Waals surface area contributed by atoms with Crippen LogP contribution in [0.15, 0.2) is 17.2 Å². The fourth-order valence-corrected chi connectivity index (χ4v) is 1.11. The lowest BCUT2D eigenvalue weighted by Crippen LogP contribution is -2.34. The summed E-state index contributed by atoms with van der Waals surface area (Å²) in [5, 5.41) is 11.2. The second-order valence-corrected chi connectivity index (χ2v) is 3.19. The summed E-state index contributed by atoms with van der Waals surface area (Å²) in [6.07, 6.45) is 2.54. The molecular formula is C8H10ClN3O3. The molecule has 15 heavy (non-hydrogen) atoms. The minimum absolute atomic E-state index is 0.144. The number of carbonyl (C=O) groups excluding carboxylic acids is 1. The molecule has 1 aromatic heterocycles. The minimum atomic E-state index is -0.543. The summed E-state index contributed by atoms with van der Waals surface area (Å²) in [6, 6.07) is 0. The van der Waals surface area contributed by atoms with Gasteiger partial charge in [0.05, 0.1) is 17.8 Å². The Labute approximate surface area is 90.5 Å². The molecular weight excluding hydrogens is 222 g/mol. The van der Waals surface area contributed by atoms with Crippen LogP contribution in [-0.4, -0.2) is 33.7 Å². The van der Waals surface area contributed by atoms with Crippen molar-refractivity contribution < 1.29 is 9.90 Å². The normalized spacial score (nSPS) is 10.0. The smallest absolute Gasteiger partial charge is 0.348 e. The number of nitrogens with one attached hydrogen (secondary N) is 1. The molecule has 0 atom stereocenters. The number of amides is 1. The molecule has 0 radical (unpaired) electrons. The van der Waals surface area contributed by atoms with Crippen molar-refractivity contribution >= 4 is 17.5 Å². The first-order valence-electron chi connectivity index (χ1n) is 4.23. The van der Waals surface area contributed by atoms with Crippen molar-refractivity contribution in [1.29, 1.82) is 0 Å². The standard InChI is InChI=1S/C8H10ClN3O3/c9-6-3-11-8(15)12(4-6)5-7(14)10-1-2-13/h3-4,13H,1-2,5H2,(H,10,14). The van der Waals surface area contributed by atoms with E-state index in [9.17, 15) is 9.59 Å². The van der Waals surface area contributed by atoms with Crippen LogP contribution in [-0.2, 0) is 11.3 Å². The maximum absolute atomic E-state index is 11.2. The van der Waals surface area contributed by atoms with Gasteiger partial charge in [-0.1, -0.05) is 11.6 Å². The van der Waals surface area contributed by atoms with Gasteiger partial charge in [0, 0.05) is 12.7 Å². The van der Waals surface area contributed by atoms with E-state index >= 15 is 0 Å². The van der Waals surface area contributed by atoms with Crippen LogP contribution in [0, 0.1) is 0 Å². The minimum Gasteiger partial charge on any atom is -0.395 e. The molecule has 82 valence electrons. The Morgan fingerprint density at radius 2 is 2.40 bits per heavy atom. The fraction of sp³-hybridized carbons (Fsp3) is 0.375. The monoisotopic (exact) mass is 231 g/mol. The third-order valence-corrected chi connectivity index (χ3v) is 1.77. The first kappa shape index (κ1) is 11.7. The van der Waals surface area contributed by atoms with Crippen LogP contribution in [0.2, 0.25) is 5.02 Å². The molecule has 7 heteroatoms. The lowest BCUT2D eigenvalue weighted by atomic mass is 10.5. The van der Waals surface area contributed by atoms with E-state index in [1.807, 2.05) is 0 Å². The van der Waals surface area contributed by atoms with Crippen LogP contribution in [0.25, 0.3) is 0 Å². The molecule has 0 aromatic carbocycles. The number of hydrogen-bond acceptors (Lipinski definition) is 4. The van der Waals surface area contributed by atoms with E-state index in [-0.39, 0.29) is 30.6 Å². The molecule has 6 nitrogen and oxygen atoms in total. The Bertz CT molecular complexity index is 404. The zero-order valence-electron chi connectivity index (χ0n) is 7.81. The van der Waals surface area contributed by atoms with Gasteiger partial charge in [0.1, 0.15) is 6.54 Å². The molecule has 0 saturated heterocycles. The average Bonchev–Trinajstić information content (AvgIpc) is 2.20. The van der Waals surface area contributed by atoms with Gasteiger partial charge in [-0.3, -0.25) is 9.36 Å². The summed E-state index contributed by atoms with van der Waals surface area (Å²) in [5.41, 5.74) is -0.543. The first-order chi connectivity index (χ1) is 7.13. The SMILES string of the molecule is O=C(Cn1cc(Cl)cnc1=O)NCCO. The van der Waals surface area contributed by atoms with Gasteiger partial charge >= 0.3 is 5.69 Å². The van der Waals surface area contributed by atoms with Gasteiger partial charge in [0.15, 0.2) is 0 Å². The van der Waals surface area contributed by atoms with E-state index in [4.69, 9.17) is 16.7 Å². The van der Waals surface area contributed by atoms with Gasteiger partial charge in [-0.15, -0.1) is 0 Å². The number of rotatable bonds is 4. The maximum Gasteiger partial charge on any atom is 0.348 e. The molecule has 0 bridgehead atoms. The molecule has 0 aliphatic heterocycles. The highest BCUT2D eigenvalue weighted by Crippen LogP contribution is 2.00. The van der Waals surface area contributed by atoms with Crippen molar-refractivity contribution in [3.05, 3.63) is 27.9 Å². The molecule has 1 heterocycles. The van der Waals surface area contributed by atoms with Crippen molar-refractivity contribution in [1.82, 2.24) is 14.9 Å². The molecule has 1 aromatic rings. The number of hydrogen-bond donors (Lipinski definition) is 2. The molecule has 0 fully saturated rings. The summed E-state index contributed by atoms with van der Waals surface area (Å²) in [5.74, 6) is -0.379. The van der Waals surface area contributed by atoms with Crippen molar-refractivity contribution in [3.8, 4) is 0 Å². The summed E-state index contributed by atoms with van der Waals surface area (Å²) >= 11 is 5.61. The van der Waals surface area contributed by atoms with Gasteiger partial charge in [-0.25, -0.2) is 9.78 Å². The highest BCUT2D eigenvalue weighted by Gasteiger charge is 2.04. The zero-order valence-corrected chi connectivity index (χ0v) is 8.57. The van der Waals surface area contributed by atoms with Gasteiger partial charge < -0.3 is 10.4 Å². The quantitative estimate of drug-likeness (QED) is 0.697. The molecule has 1 amide bonds. The van der Waals surface area contributed by atoms with E-state index in [2.05, 4.69) is 10.3 Å². The third-order valence-electron chi connectivity index (χ3n) is 1.57. The molecule has 0 spiro atoms. The molecule has 0 aliphatic rings. The Kier molecular flexibility index (Phi) is 4.26. The van der Waals surface area contributed by atoms with E-state index in [1.54, 1.807) is 0 Å². The van der Waals surface area contributed by atoms with Crippen LogP contribution in [0.5, 0.6) is 0 Å². The van der Waals surface area contributed by atoms with E-state index in [1.165, 1.54) is 12.4 Å². The number of nitrogens with zero attached hydrogens (tertiary/aromatic N) is 2. The van der Waals surface area contributed by atoms with E-state index in [0.717, 1.165) is 4.57 Å². The summed E-state index contributed by atoms with van der Waals surface area (Å²) < 4.78 is 1.09. The summed E-state index contributed by atoms with van der Waals surface area (Å²) in [7, 11) is 0. The van der Waals surface area contributed by atoms with Gasteiger partial charge in [0.2, 0.25) is 5.91 Å². The van der Waals surface area contributed by atoms with E-state index in [0.29, 0.717) is 0 Å². The second kappa shape index (κ2) is 5.47. The predicted molar refractivity (Wildman–Crippen MR) is 53.6 cm³/mol. The molecule has 0 unspecified atom stereocenters. The lowest BCUT2D eigenvalue weighted by molar-refractivity contribution is -0.121.